The van der Waals surface area contributed by atoms with Gasteiger partial charge in [0.05, 0.1) is 24.1 Å². The molecule has 0 aliphatic rings. The van der Waals surface area contributed by atoms with Gasteiger partial charge in [0.1, 0.15) is 5.82 Å². The number of methoxy groups -OCH3 is 1. The van der Waals surface area contributed by atoms with E-state index in [1.807, 2.05) is 13.8 Å². The summed E-state index contributed by atoms with van der Waals surface area (Å²) in [6, 6.07) is 0. The first-order valence-corrected chi connectivity index (χ1v) is 4.84. The molecule has 0 fully saturated rings. The molecule has 84 valence electrons. The molecule has 0 aromatic carbocycles. The molecule has 1 atom stereocenters. The Hall–Kier alpha value is -1.20. The van der Waals surface area contributed by atoms with Gasteiger partial charge in [-0.15, -0.1) is 0 Å². The maximum atomic E-state index is 9.43. The third-order valence-corrected chi connectivity index (χ3v) is 1.94. The molecule has 0 radical (unpaired) electrons. The minimum Gasteiger partial charge on any atom is -0.389 e. The van der Waals surface area contributed by atoms with Crippen molar-refractivity contribution in [2.75, 3.05) is 25.6 Å². The van der Waals surface area contributed by atoms with Crippen LogP contribution in [0, 0.1) is 13.8 Å². The molecule has 0 amide bonds. The molecule has 0 saturated heterocycles. The summed E-state index contributed by atoms with van der Waals surface area (Å²) in [4.78, 5) is 8.44. The van der Waals surface area contributed by atoms with Gasteiger partial charge in [-0.2, -0.15) is 0 Å². The highest BCUT2D eigenvalue weighted by Crippen LogP contribution is 2.08. The summed E-state index contributed by atoms with van der Waals surface area (Å²) in [6.45, 7) is 4.47. The normalized spacial score (nSPS) is 12.5. The van der Waals surface area contributed by atoms with Crippen molar-refractivity contribution in [2.45, 2.75) is 20.0 Å². The van der Waals surface area contributed by atoms with Crippen LogP contribution in [0.1, 0.15) is 11.4 Å². The number of aliphatic hydroxyl groups excluding tert-OH is 1. The Balaban J connectivity index is 2.53. The highest BCUT2D eigenvalue weighted by atomic mass is 16.5. The Morgan fingerprint density at radius 2 is 2.27 bits per heavy atom. The predicted octanol–water partition coefficient (Wildman–Crippen LogP) is 0.513. The number of nitrogens with one attached hydrogen (secondary N) is 1. The fraction of sp³-hybridized carbons (Fsp3) is 0.600. The summed E-state index contributed by atoms with van der Waals surface area (Å²) >= 11 is 0. The molecule has 1 unspecified atom stereocenters. The van der Waals surface area contributed by atoms with E-state index in [4.69, 9.17) is 4.74 Å². The Bertz CT molecular complexity index is 318. The second-order valence-corrected chi connectivity index (χ2v) is 3.44. The predicted molar refractivity (Wildman–Crippen MR) is 57.9 cm³/mol. The van der Waals surface area contributed by atoms with E-state index in [1.165, 1.54) is 0 Å². The number of rotatable bonds is 5. The van der Waals surface area contributed by atoms with E-state index in [0.717, 1.165) is 11.4 Å². The molecule has 5 nitrogen and oxygen atoms in total. The van der Waals surface area contributed by atoms with Crippen LogP contribution in [-0.4, -0.2) is 41.4 Å². The van der Waals surface area contributed by atoms with Crippen LogP contribution in [0.25, 0.3) is 0 Å². The van der Waals surface area contributed by atoms with E-state index in [9.17, 15) is 5.11 Å². The van der Waals surface area contributed by atoms with Crippen LogP contribution in [0.4, 0.5) is 5.82 Å². The van der Waals surface area contributed by atoms with E-state index in [1.54, 1.807) is 13.3 Å². The van der Waals surface area contributed by atoms with Gasteiger partial charge in [-0.1, -0.05) is 0 Å². The van der Waals surface area contributed by atoms with Crippen LogP contribution in [0.2, 0.25) is 0 Å². The summed E-state index contributed by atoms with van der Waals surface area (Å²) in [5.74, 6) is 0.713. The van der Waals surface area contributed by atoms with E-state index in [0.29, 0.717) is 19.0 Å². The summed E-state index contributed by atoms with van der Waals surface area (Å²) in [5, 5.41) is 12.5. The lowest BCUT2D eigenvalue weighted by Gasteiger charge is -2.12. The van der Waals surface area contributed by atoms with Gasteiger partial charge in [0, 0.05) is 19.9 Å². The lowest BCUT2D eigenvalue weighted by molar-refractivity contribution is 0.0727. The Morgan fingerprint density at radius 3 is 2.93 bits per heavy atom. The molecule has 1 heterocycles. The molecule has 0 spiro atoms. The number of aromatic nitrogens is 2. The first-order chi connectivity index (χ1) is 7.13. The molecule has 2 N–H and O–H groups in total. The van der Waals surface area contributed by atoms with E-state index in [-0.39, 0.29) is 0 Å². The lowest BCUT2D eigenvalue weighted by Crippen LogP contribution is -2.25. The average molecular weight is 211 g/mol. The number of hydrogen-bond donors (Lipinski definition) is 2. The second kappa shape index (κ2) is 5.63. The second-order valence-electron chi connectivity index (χ2n) is 3.44. The molecule has 15 heavy (non-hydrogen) atoms. The highest BCUT2D eigenvalue weighted by Gasteiger charge is 2.05. The monoisotopic (exact) mass is 211 g/mol. The first-order valence-electron chi connectivity index (χ1n) is 4.84. The third kappa shape index (κ3) is 3.81. The quantitative estimate of drug-likeness (QED) is 0.743. The van der Waals surface area contributed by atoms with E-state index < -0.39 is 6.10 Å². The van der Waals surface area contributed by atoms with Crippen LogP contribution in [0.3, 0.4) is 0 Å². The molecule has 1 aromatic rings. The molecule has 0 aliphatic heterocycles. The zero-order valence-electron chi connectivity index (χ0n) is 9.32. The molecule has 1 rings (SSSR count). The Kier molecular flexibility index (Phi) is 4.45. The van der Waals surface area contributed by atoms with Crippen molar-refractivity contribution < 1.29 is 9.84 Å². The molecule has 5 heteroatoms. The number of nitrogens with zero attached hydrogens (tertiary/aromatic N) is 2. The summed E-state index contributed by atoms with van der Waals surface area (Å²) in [5.41, 5.74) is 1.68. The van der Waals surface area contributed by atoms with Crippen molar-refractivity contribution in [3.8, 4) is 0 Å². The van der Waals surface area contributed by atoms with E-state index in [2.05, 4.69) is 15.3 Å². The van der Waals surface area contributed by atoms with Gasteiger partial charge in [0.2, 0.25) is 0 Å². The van der Waals surface area contributed by atoms with Crippen LogP contribution >= 0.6 is 0 Å². The minimum atomic E-state index is -0.531. The first kappa shape index (κ1) is 11.9. The summed E-state index contributed by atoms with van der Waals surface area (Å²) in [7, 11) is 1.56. The van der Waals surface area contributed by atoms with Crippen molar-refractivity contribution in [3.05, 3.63) is 17.6 Å². The number of ether oxygens (including phenoxy) is 1. The van der Waals surface area contributed by atoms with Crippen LogP contribution < -0.4 is 5.32 Å². The fourth-order valence-electron chi connectivity index (χ4n) is 1.17. The van der Waals surface area contributed by atoms with Crippen LogP contribution in [-0.2, 0) is 4.74 Å². The molecule has 1 aromatic heterocycles. The van der Waals surface area contributed by atoms with Gasteiger partial charge in [0.25, 0.3) is 0 Å². The summed E-state index contributed by atoms with van der Waals surface area (Å²) in [6.07, 6.45) is 1.18. The van der Waals surface area contributed by atoms with E-state index >= 15 is 0 Å². The van der Waals surface area contributed by atoms with Crippen molar-refractivity contribution in [2.24, 2.45) is 0 Å². The topological polar surface area (TPSA) is 67.3 Å². The number of aryl methyl sites for hydroxylation is 2. The Morgan fingerprint density at radius 1 is 1.53 bits per heavy atom. The van der Waals surface area contributed by atoms with Gasteiger partial charge < -0.3 is 15.2 Å². The van der Waals surface area contributed by atoms with Gasteiger partial charge in [0.15, 0.2) is 0 Å². The average Bonchev–Trinajstić information content (AvgIpc) is 2.20. The number of anilines is 1. The van der Waals surface area contributed by atoms with Crippen molar-refractivity contribution in [1.82, 2.24) is 9.97 Å². The number of aliphatic hydroxyl groups is 1. The lowest BCUT2D eigenvalue weighted by atomic mass is 10.3. The molecule has 0 saturated carbocycles. The summed E-state index contributed by atoms with van der Waals surface area (Å²) < 4.78 is 4.82. The molecular formula is C10H17N3O2. The highest BCUT2D eigenvalue weighted by molar-refractivity contribution is 5.39. The van der Waals surface area contributed by atoms with Gasteiger partial charge >= 0.3 is 0 Å². The molecular weight excluding hydrogens is 194 g/mol. The maximum absolute atomic E-state index is 9.43. The number of hydrogen-bond acceptors (Lipinski definition) is 5. The zero-order chi connectivity index (χ0) is 11.3. The zero-order valence-corrected chi connectivity index (χ0v) is 9.32. The third-order valence-electron chi connectivity index (χ3n) is 1.94. The van der Waals surface area contributed by atoms with Gasteiger partial charge in [-0.3, -0.25) is 4.98 Å². The standard InChI is InChI=1S/C10H17N3O2/c1-7-4-11-8(2)10(13-7)12-5-9(14)6-15-3/h4,9,14H,5-6H2,1-3H3,(H,12,13). The Labute approximate surface area is 89.5 Å². The van der Waals surface area contributed by atoms with Crippen LogP contribution in [0.5, 0.6) is 0 Å². The largest absolute Gasteiger partial charge is 0.389 e. The fourth-order valence-corrected chi connectivity index (χ4v) is 1.17. The smallest absolute Gasteiger partial charge is 0.147 e. The van der Waals surface area contributed by atoms with Crippen molar-refractivity contribution >= 4 is 5.82 Å². The molecule has 0 bridgehead atoms. The van der Waals surface area contributed by atoms with Crippen molar-refractivity contribution in [3.63, 3.8) is 0 Å². The maximum Gasteiger partial charge on any atom is 0.147 e. The van der Waals surface area contributed by atoms with Gasteiger partial charge in [-0.25, -0.2) is 4.98 Å². The van der Waals surface area contributed by atoms with Gasteiger partial charge in [-0.05, 0) is 13.8 Å². The van der Waals surface area contributed by atoms with Crippen LogP contribution in [0.15, 0.2) is 6.20 Å². The molecule has 0 aliphatic carbocycles. The SMILES string of the molecule is COCC(O)CNc1nc(C)cnc1C. The van der Waals surface area contributed by atoms with Crippen molar-refractivity contribution in [1.29, 1.82) is 0 Å². The minimum absolute atomic E-state index is 0.311.